The van der Waals surface area contributed by atoms with Crippen LogP contribution in [0.15, 0.2) is 47.4 Å². The van der Waals surface area contributed by atoms with E-state index in [-0.39, 0.29) is 23.1 Å². The SMILES string of the molecule is COc1ccc(N2CCCC2=O)cc1S(=O)(=O)NCc1ccc(C(N)=O)cc1. The van der Waals surface area contributed by atoms with Crippen LogP contribution in [0.5, 0.6) is 5.75 Å². The molecule has 28 heavy (non-hydrogen) atoms. The Morgan fingerprint density at radius 1 is 1.21 bits per heavy atom. The first kappa shape index (κ1) is 19.8. The molecule has 0 spiro atoms. The number of carbonyl (C=O) groups excluding carboxylic acids is 2. The third-order valence-electron chi connectivity index (χ3n) is 4.53. The Morgan fingerprint density at radius 3 is 2.50 bits per heavy atom. The molecule has 0 aliphatic carbocycles. The molecule has 1 fully saturated rings. The lowest BCUT2D eigenvalue weighted by Crippen LogP contribution is -2.26. The second-order valence-electron chi connectivity index (χ2n) is 6.37. The summed E-state index contributed by atoms with van der Waals surface area (Å²) in [5, 5.41) is 0. The predicted molar refractivity (Wildman–Crippen MR) is 104 cm³/mol. The summed E-state index contributed by atoms with van der Waals surface area (Å²) in [6.07, 6.45) is 1.19. The molecular weight excluding hydrogens is 382 g/mol. The van der Waals surface area contributed by atoms with Crippen LogP contribution in [-0.4, -0.2) is 33.9 Å². The molecule has 0 saturated carbocycles. The molecule has 0 aromatic heterocycles. The standard InChI is InChI=1S/C19H21N3O5S/c1-27-16-9-8-15(22-10-2-3-18(22)23)11-17(16)28(25,26)21-12-13-4-6-14(7-5-13)19(20)24/h4-9,11,21H,2-3,10,12H2,1H3,(H2,20,24). The van der Waals surface area contributed by atoms with Gasteiger partial charge in [0, 0.05) is 30.8 Å². The van der Waals surface area contributed by atoms with Crippen molar-refractivity contribution in [3.63, 3.8) is 0 Å². The third-order valence-corrected chi connectivity index (χ3v) is 5.95. The average Bonchev–Trinajstić information content (AvgIpc) is 3.12. The molecule has 148 valence electrons. The number of rotatable bonds is 7. The zero-order valence-corrected chi connectivity index (χ0v) is 16.2. The molecule has 1 aliphatic rings. The van der Waals surface area contributed by atoms with E-state index in [1.807, 2.05) is 0 Å². The van der Waals surface area contributed by atoms with Crippen LogP contribution in [0.4, 0.5) is 5.69 Å². The van der Waals surface area contributed by atoms with Gasteiger partial charge in [0.05, 0.1) is 7.11 Å². The summed E-state index contributed by atoms with van der Waals surface area (Å²) >= 11 is 0. The highest BCUT2D eigenvalue weighted by atomic mass is 32.2. The molecule has 9 heteroatoms. The van der Waals surface area contributed by atoms with Crippen LogP contribution in [0.2, 0.25) is 0 Å². The lowest BCUT2D eigenvalue weighted by Gasteiger charge is -2.18. The number of nitrogens with two attached hydrogens (primary N) is 1. The second-order valence-corrected chi connectivity index (χ2v) is 8.11. The number of ether oxygens (including phenoxy) is 1. The normalized spacial score (nSPS) is 14.3. The van der Waals surface area contributed by atoms with E-state index in [9.17, 15) is 18.0 Å². The Morgan fingerprint density at radius 2 is 1.93 bits per heavy atom. The zero-order chi connectivity index (χ0) is 20.3. The summed E-state index contributed by atoms with van der Waals surface area (Å²) in [6.45, 7) is 0.585. The number of carbonyl (C=O) groups is 2. The highest BCUT2D eigenvalue weighted by Crippen LogP contribution is 2.31. The summed E-state index contributed by atoms with van der Waals surface area (Å²) in [7, 11) is -2.52. The first-order valence-corrected chi connectivity index (χ1v) is 10.2. The van der Waals surface area contributed by atoms with Crippen LogP contribution in [0.25, 0.3) is 0 Å². The van der Waals surface area contributed by atoms with Crippen molar-refractivity contribution in [3.05, 3.63) is 53.6 Å². The monoisotopic (exact) mass is 403 g/mol. The number of anilines is 1. The van der Waals surface area contributed by atoms with Gasteiger partial charge in [0.25, 0.3) is 0 Å². The van der Waals surface area contributed by atoms with Gasteiger partial charge in [-0.25, -0.2) is 13.1 Å². The smallest absolute Gasteiger partial charge is 0.248 e. The van der Waals surface area contributed by atoms with Crippen LogP contribution in [0.3, 0.4) is 0 Å². The molecule has 1 heterocycles. The minimum absolute atomic E-state index is 0.0252. The van der Waals surface area contributed by atoms with Gasteiger partial charge in [0.2, 0.25) is 21.8 Å². The number of primary amides is 1. The third kappa shape index (κ3) is 4.15. The van der Waals surface area contributed by atoms with Crippen molar-refractivity contribution in [1.29, 1.82) is 0 Å². The lowest BCUT2D eigenvalue weighted by molar-refractivity contribution is -0.117. The average molecular weight is 403 g/mol. The molecule has 1 saturated heterocycles. The molecule has 2 amide bonds. The number of benzene rings is 2. The van der Waals surface area contributed by atoms with E-state index in [0.29, 0.717) is 29.8 Å². The van der Waals surface area contributed by atoms with Gasteiger partial charge in [-0.2, -0.15) is 0 Å². The van der Waals surface area contributed by atoms with Crippen LogP contribution < -0.4 is 20.1 Å². The summed E-state index contributed by atoms with van der Waals surface area (Å²) in [5.41, 5.74) is 6.73. The Labute approximate surface area is 163 Å². The number of sulfonamides is 1. The van der Waals surface area contributed by atoms with Crippen molar-refractivity contribution < 1.29 is 22.7 Å². The largest absolute Gasteiger partial charge is 0.495 e. The number of hydrogen-bond acceptors (Lipinski definition) is 5. The molecule has 2 aromatic carbocycles. The summed E-state index contributed by atoms with van der Waals surface area (Å²) in [5.74, 6) is -0.395. The number of hydrogen-bond donors (Lipinski definition) is 2. The van der Waals surface area contributed by atoms with Gasteiger partial charge in [-0.3, -0.25) is 9.59 Å². The van der Waals surface area contributed by atoms with Crippen molar-refractivity contribution >= 4 is 27.5 Å². The number of nitrogens with one attached hydrogen (secondary N) is 1. The van der Waals surface area contributed by atoms with E-state index >= 15 is 0 Å². The van der Waals surface area contributed by atoms with Gasteiger partial charge in [0.1, 0.15) is 10.6 Å². The first-order valence-electron chi connectivity index (χ1n) is 8.68. The molecule has 3 N–H and O–H groups in total. The molecule has 0 radical (unpaired) electrons. The maximum atomic E-state index is 12.8. The number of methoxy groups -OCH3 is 1. The van der Waals surface area contributed by atoms with Crippen molar-refractivity contribution in [3.8, 4) is 5.75 Å². The molecular formula is C19H21N3O5S. The minimum atomic E-state index is -3.90. The van der Waals surface area contributed by atoms with Gasteiger partial charge in [-0.1, -0.05) is 12.1 Å². The van der Waals surface area contributed by atoms with Crippen molar-refractivity contribution in [2.45, 2.75) is 24.3 Å². The topological polar surface area (TPSA) is 119 Å². The molecule has 0 atom stereocenters. The van der Waals surface area contributed by atoms with Gasteiger partial charge in [-0.15, -0.1) is 0 Å². The quantitative estimate of drug-likeness (QED) is 0.724. The predicted octanol–water partition coefficient (Wildman–Crippen LogP) is 1.40. The lowest BCUT2D eigenvalue weighted by atomic mass is 10.1. The summed E-state index contributed by atoms with van der Waals surface area (Å²) in [6, 6.07) is 11.0. The fourth-order valence-corrected chi connectivity index (χ4v) is 4.21. The highest BCUT2D eigenvalue weighted by molar-refractivity contribution is 7.89. The number of amides is 2. The van der Waals surface area contributed by atoms with Gasteiger partial charge < -0.3 is 15.4 Å². The van der Waals surface area contributed by atoms with E-state index in [0.717, 1.165) is 6.42 Å². The maximum absolute atomic E-state index is 12.8. The maximum Gasteiger partial charge on any atom is 0.248 e. The van der Waals surface area contributed by atoms with E-state index in [1.165, 1.54) is 31.4 Å². The number of nitrogens with zero attached hydrogens (tertiary/aromatic N) is 1. The molecule has 3 rings (SSSR count). The van der Waals surface area contributed by atoms with Gasteiger partial charge >= 0.3 is 0 Å². The van der Waals surface area contributed by atoms with E-state index in [2.05, 4.69) is 4.72 Å². The molecule has 0 unspecified atom stereocenters. The van der Waals surface area contributed by atoms with Crippen LogP contribution in [-0.2, 0) is 21.4 Å². The molecule has 8 nitrogen and oxygen atoms in total. The van der Waals surface area contributed by atoms with Crippen molar-refractivity contribution in [2.75, 3.05) is 18.6 Å². The van der Waals surface area contributed by atoms with Crippen LogP contribution in [0, 0.1) is 0 Å². The molecule has 2 aromatic rings. The van der Waals surface area contributed by atoms with Gasteiger partial charge in [-0.05, 0) is 42.3 Å². The minimum Gasteiger partial charge on any atom is -0.495 e. The van der Waals surface area contributed by atoms with Gasteiger partial charge in [0.15, 0.2) is 0 Å². The fraction of sp³-hybridized carbons (Fsp3) is 0.263. The zero-order valence-electron chi connectivity index (χ0n) is 15.3. The first-order chi connectivity index (χ1) is 13.3. The Hall–Kier alpha value is -2.91. The summed E-state index contributed by atoms with van der Waals surface area (Å²) < 4.78 is 33.4. The highest BCUT2D eigenvalue weighted by Gasteiger charge is 2.26. The molecule has 1 aliphatic heterocycles. The van der Waals surface area contributed by atoms with E-state index in [1.54, 1.807) is 23.1 Å². The Bertz CT molecular complexity index is 1000. The second kappa shape index (κ2) is 7.99. The van der Waals surface area contributed by atoms with Crippen LogP contribution in [0.1, 0.15) is 28.8 Å². The Kier molecular flexibility index (Phi) is 5.66. The molecule has 0 bridgehead atoms. The summed E-state index contributed by atoms with van der Waals surface area (Å²) in [4.78, 5) is 24.6. The van der Waals surface area contributed by atoms with Crippen molar-refractivity contribution in [1.82, 2.24) is 4.72 Å². The van der Waals surface area contributed by atoms with Crippen molar-refractivity contribution in [2.24, 2.45) is 5.73 Å². The van der Waals surface area contributed by atoms with Crippen LogP contribution >= 0.6 is 0 Å². The van der Waals surface area contributed by atoms with E-state index in [4.69, 9.17) is 10.5 Å². The van der Waals surface area contributed by atoms with E-state index < -0.39 is 15.9 Å². The fourth-order valence-electron chi connectivity index (χ4n) is 3.01. The Balaban J connectivity index is 1.83.